The van der Waals surface area contributed by atoms with Crippen molar-refractivity contribution in [1.29, 1.82) is 0 Å². The second kappa shape index (κ2) is 5.77. The highest BCUT2D eigenvalue weighted by Crippen LogP contribution is 2.57. The smallest absolute Gasteiger partial charge is 0.142 e. The molecular formula is C30H24N2. The zero-order valence-corrected chi connectivity index (χ0v) is 18.6. The van der Waals surface area contributed by atoms with Crippen LogP contribution in [0, 0.1) is 0 Å². The summed E-state index contributed by atoms with van der Waals surface area (Å²) in [7, 11) is 0. The SMILES string of the molecule is CC1(C)c2ccccc2C2(C)c3c(cccc31)-c1ccccc1-c1nc3ccccc3n12. The van der Waals surface area contributed by atoms with Gasteiger partial charge >= 0.3 is 0 Å². The zero-order chi connectivity index (χ0) is 21.7. The third-order valence-electron chi connectivity index (χ3n) is 7.82. The van der Waals surface area contributed by atoms with Gasteiger partial charge in [-0.2, -0.15) is 0 Å². The number of benzene rings is 4. The third-order valence-corrected chi connectivity index (χ3v) is 7.82. The summed E-state index contributed by atoms with van der Waals surface area (Å²) in [5.74, 6) is 1.04. The second-order valence-electron chi connectivity index (χ2n) is 9.78. The summed E-state index contributed by atoms with van der Waals surface area (Å²) in [6, 6.07) is 33.2. The topological polar surface area (TPSA) is 17.8 Å². The molecular weight excluding hydrogens is 388 g/mol. The lowest BCUT2D eigenvalue weighted by atomic mass is 9.61. The van der Waals surface area contributed by atoms with Crippen molar-refractivity contribution in [2.24, 2.45) is 0 Å². The average molecular weight is 413 g/mol. The van der Waals surface area contributed by atoms with E-state index < -0.39 is 0 Å². The summed E-state index contributed by atoms with van der Waals surface area (Å²) in [6.45, 7) is 7.13. The molecule has 2 heteroatoms. The van der Waals surface area contributed by atoms with E-state index in [-0.39, 0.29) is 11.0 Å². The molecule has 1 atom stereocenters. The van der Waals surface area contributed by atoms with Crippen LogP contribution in [0.1, 0.15) is 43.0 Å². The van der Waals surface area contributed by atoms with Gasteiger partial charge in [0.25, 0.3) is 0 Å². The first-order valence-electron chi connectivity index (χ1n) is 11.3. The highest BCUT2D eigenvalue weighted by Gasteiger charge is 2.49. The quantitative estimate of drug-likeness (QED) is 0.264. The van der Waals surface area contributed by atoms with Gasteiger partial charge in [0.05, 0.1) is 16.6 Å². The average Bonchev–Trinajstić information content (AvgIpc) is 3.19. The molecule has 4 aromatic carbocycles. The summed E-state index contributed by atoms with van der Waals surface area (Å²) in [4.78, 5) is 5.21. The van der Waals surface area contributed by atoms with Crippen LogP contribution in [0.5, 0.6) is 0 Å². The largest absolute Gasteiger partial charge is 0.310 e. The van der Waals surface area contributed by atoms with Crippen LogP contribution in [0.15, 0.2) is 91.0 Å². The fourth-order valence-electron chi connectivity index (χ4n) is 6.36. The van der Waals surface area contributed by atoms with E-state index in [0.29, 0.717) is 0 Å². The van der Waals surface area contributed by atoms with Crippen molar-refractivity contribution in [2.45, 2.75) is 31.7 Å². The number of hydrogen-bond donors (Lipinski definition) is 0. The maximum atomic E-state index is 5.21. The first kappa shape index (κ1) is 18.0. The van der Waals surface area contributed by atoms with Crippen LogP contribution in [0.3, 0.4) is 0 Å². The van der Waals surface area contributed by atoms with Gasteiger partial charge in [-0.25, -0.2) is 4.98 Å². The molecule has 1 aliphatic carbocycles. The standard InChI is InChI=1S/C30H24N2/c1-29(2)22-14-6-7-15-23(22)30(3)27-20(13-10-16-24(27)29)19-11-4-5-12-21(19)28-31-25-17-8-9-18-26(25)32(28)30/h4-18H,1-3H3. The van der Waals surface area contributed by atoms with Crippen molar-refractivity contribution < 1.29 is 0 Å². The van der Waals surface area contributed by atoms with Crippen LogP contribution in [0.25, 0.3) is 33.5 Å². The fourth-order valence-corrected chi connectivity index (χ4v) is 6.36. The maximum absolute atomic E-state index is 5.21. The number of hydrogen-bond acceptors (Lipinski definition) is 1. The number of aromatic nitrogens is 2. The first-order valence-corrected chi connectivity index (χ1v) is 11.3. The molecule has 0 N–H and O–H groups in total. The van der Waals surface area contributed by atoms with Crippen molar-refractivity contribution >= 4 is 11.0 Å². The Morgan fingerprint density at radius 3 is 2.06 bits per heavy atom. The van der Waals surface area contributed by atoms with Crippen molar-refractivity contribution in [3.05, 3.63) is 113 Å². The van der Waals surface area contributed by atoms with Gasteiger partial charge in [0.15, 0.2) is 0 Å². The number of rotatable bonds is 0. The van der Waals surface area contributed by atoms with E-state index in [1.807, 2.05) is 0 Å². The molecule has 1 unspecified atom stereocenters. The molecule has 32 heavy (non-hydrogen) atoms. The molecule has 0 radical (unpaired) electrons. The van der Waals surface area contributed by atoms with Crippen LogP contribution in [-0.4, -0.2) is 9.55 Å². The van der Waals surface area contributed by atoms with E-state index in [9.17, 15) is 0 Å². The number of para-hydroxylation sites is 2. The van der Waals surface area contributed by atoms with Gasteiger partial charge in [0.1, 0.15) is 5.82 Å². The van der Waals surface area contributed by atoms with Gasteiger partial charge in [-0.05, 0) is 52.4 Å². The Morgan fingerprint density at radius 1 is 0.594 bits per heavy atom. The Morgan fingerprint density at radius 2 is 1.22 bits per heavy atom. The lowest BCUT2D eigenvalue weighted by Crippen LogP contribution is -2.43. The summed E-state index contributed by atoms with van der Waals surface area (Å²) < 4.78 is 2.50. The van der Waals surface area contributed by atoms with E-state index >= 15 is 0 Å². The fraction of sp³-hybridized carbons (Fsp3) is 0.167. The lowest BCUT2D eigenvalue weighted by Gasteiger charge is -2.47. The summed E-state index contributed by atoms with van der Waals surface area (Å²) >= 11 is 0. The molecule has 0 saturated heterocycles. The van der Waals surface area contributed by atoms with Gasteiger partial charge < -0.3 is 4.57 Å². The predicted octanol–water partition coefficient (Wildman–Crippen LogP) is 7.13. The Hall–Kier alpha value is -3.65. The van der Waals surface area contributed by atoms with Gasteiger partial charge in [-0.15, -0.1) is 0 Å². The van der Waals surface area contributed by atoms with E-state index in [4.69, 9.17) is 4.98 Å². The minimum atomic E-state index is -0.373. The van der Waals surface area contributed by atoms with Crippen LogP contribution < -0.4 is 0 Å². The molecule has 2 nitrogen and oxygen atoms in total. The van der Waals surface area contributed by atoms with Gasteiger partial charge in [-0.3, -0.25) is 0 Å². The lowest BCUT2D eigenvalue weighted by molar-refractivity contribution is 0.443. The van der Waals surface area contributed by atoms with Crippen LogP contribution in [0.2, 0.25) is 0 Å². The summed E-state index contributed by atoms with van der Waals surface area (Å²) in [5, 5.41) is 0. The van der Waals surface area contributed by atoms with Crippen molar-refractivity contribution in [3.8, 4) is 22.5 Å². The van der Waals surface area contributed by atoms with Crippen molar-refractivity contribution in [1.82, 2.24) is 9.55 Å². The van der Waals surface area contributed by atoms with Crippen molar-refractivity contribution in [2.75, 3.05) is 0 Å². The van der Waals surface area contributed by atoms with Crippen LogP contribution >= 0.6 is 0 Å². The van der Waals surface area contributed by atoms with Gasteiger partial charge in [-0.1, -0.05) is 92.7 Å². The van der Waals surface area contributed by atoms with Gasteiger partial charge in [0, 0.05) is 11.0 Å². The Balaban J connectivity index is 1.79. The molecule has 0 bridgehead atoms. The van der Waals surface area contributed by atoms with Crippen molar-refractivity contribution in [3.63, 3.8) is 0 Å². The number of fused-ring (bicyclic) bond motifs is 9. The highest BCUT2D eigenvalue weighted by atomic mass is 15.2. The number of imidazole rings is 1. The summed E-state index contributed by atoms with van der Waals surface area (Å²) in [6.07, 6.45) is 0. The molecule has 0 spiro atoms. The van der Waals surface area contributed by atoms with E-state index in [1.165, 1.54) is 44.5 Å². The molecule has 2 heterocycles. The maximum Gasteiger partial charge on any atom is 0.142 e. The van der Waals surface area contributed by atoms with E-state index in [1.54, 1.807) is 0 Å². The molecule has 7 rings (SSSR count). The zero-order valence-electron chi connectivity index (χ0n) is 18.6. The molecule has 1 aliphatic heterocycles. The third kappa shape index (κ3) is 1.94. The molecule has 1 aromatic heterocycles. The minimum absolute atomic E-state index is 0.0860. The molecule has 154 valence electrons. The molecule has 5 aromatic rings. The summed E-state index contributed by atoms with van der Waals surface area (Å²) in [5.41, 5.74) is 11.1. The Bertz CT molecular complexity index is 1570. The van der Waals surface area contributed by atoms with E-state index in [0.717, 1.165) is 11.3 Å². The van der Waals surface area contributed by atoms with Crippen LogP contribution in [-0.2, 0) is 11.0 Å². The second-order valence-corrected chi connectivity index (χ2v) is 9.78. The van der Waals surface area contributed by atoms with E-state index in [2.05, 4.69) is 116 Å². The minimum Gasteiger partial charge on any atom is -0.310 e. The van der Waals surface area contributed by atoms with Gasteiger partial charge in [0.2, 0.25) is 0 Å². The van der Waals surface area contributed by atoms with Crippen LogP contribution in [0.4, 0.5) is 0 Å². The Kier molecular flexibility index (Phi) is 3.24. The first-order chi connectivity index (χ1) is 15.5. The normalized spacial score (nSPS) is 19.5. The molecule has 2 aliphatic rings. The monoisotopic (exact) mass is 412 g/mol. The molecule has 0 saturated carbocycles. The number of nitrogens with zero attached hydrogens (tertiary/aromatic N) is 2. The Labute approximate surface area is 188 Å². The highest BCUT2D eigenvalue weighted by molar-refractivity contribution is 5.92. The molecule has 0 fully saturated rings. The molecule has 0 amide bonds. The predicted molar refractivity (Wildman–Crippen MR) is 131 cm³/mol.